The molecule has 0 fully saturated rings. The van der Waals surface area contributed by atoms with E-state index < -0.39 is 0 Å². The highest BCUT2D eigenvalue weighted by Crippen LogP contribution is 2.25. The first-order valence-corrected chi connectivity index (χ1v) is 11.1. The summed E-state index contributed by atoms with van der Waals surface area (Å²) in [5, 5.41) is 15.2. The zero-order valence-electron chi connectivity index (χ0n) is 18.4. The van der Waals surface area contributed by atoms with Gasteiger partial charge in [-0.1, -0.05) is 30.3 Å². The normalized spacial score (nSPS) is 12.2. The van der Waals surface area contributed by atoms with E-state index in [1.807, 2.05) is 12.1 Å². The average molecular weight is 445 g/mol. The quantitative estimate of drug-likeness (QED) is 0.413. The fourth-order valence-corrected chi connectivity index (χ4v) is 4.01. The molecule has 1 aliphatic rings. The molecule has 7 heteroatoms. The van der Waals surface area contributed by atoms with Gasteiger partial charge in [-0.2, -0.15) is 0 Å². The number of nitrogen functional groups attached to an aromatic ring is 1. The van der Waals surface area contributed by atoms with Crippen LogP contribution in [0.5, 0.6) is 0 Å². The molecule has 0 bridgehead atoms. The van der Waals surface area contributed by atoms with Crippen molar-refractivity contribution in [3.05, 3.63) is 89.0 Å². The monoisotopic (exact) mass is 444 g/mol. The van der Waals surface area contributed by atoms with Crippen molar-refractivity contribution in [2.24, 2.45) is 0 Å². The third-order valence-electron chi connectivity index (χ3n) is 5.81. The molecule has 1 aliphatic carbocycles. The zero-order valence-corrected chi connectivity index (χ0v) is 18.4. The Morgan fingerprint density at radius 3 is 2.45 bits per heavy atom. The topological polar surface area (TPSA) is 108 Å². The lowest BCUT2D eigenvalue weighted by Gasteiger charge is -2.22. The Balaban J connectivity index is 1.39. The number of para-hydroxylation sites is 2. The molecule has 0 atom stereocenters. The highest BCUT2D eigenvalue weighted by Gasteiger charge is 2.16. The maximum Gasteiger partial charge on any atom is 0.322 e. The van der Waals surface area contributed by atoms with Gasteiger partial charge in [0.1, 0.15) is 0 Å². The van der Waals surface area contributed by atoms with Gasteiger partial charge in [-0.15, -0.1) is 0 Å². The molecule has 5 N–H and O–H groups in total. The Bertz CT molecular complexity index is 1140. The first-order chi connectivity index (χ1) is 16.0. The second-order valence-electron chi connectivity index (χ2n) is 8.15. The lowest BCUT2D eigenvalue weighted by atomic mass is 10.1. The number of anilines is 3. The van der Waals surface area contributed by atoms with Crippen molar-refractivity contribution in [3.8, 4) is 0 Å². The third-order valence-corrected chi connectivity index (χ3v) is 5.81. The van der Waals surface area contributed by atoms with Gasteiger partial charge in [0.15, 0.2) is 0 Å². The maximum atomic E-state index is 12.8. The average Bonchev–Trinajstić information content (AvgIpc) is 3.28. The number of amides is 3. The molecule has 0 aliphatic heterocycles. The summed E-state index contributed by atoms with van der Waals surface area (Å²) in [5.74, 6) is -0.263. The lowest BCUT2D eigenvalue weighted by molar-refractivity contribution is 0.102. The summed E-state index contributed by atoms with van der Waals surface area (Å²) in [6.45, 7) is 0.369. The molecule has 0 saturated carbocycles. The number of hydrogen-bond acceptors (Lipinski definition) is 4. The van der Waals surface area contributed by atoms with E-state index in [1.54, 1.807) is 53.4 Å². The minimum absolute atomic E-state index is 0.142. The van der Waals surface area contributed by atoms with Gasteiger partial charge in [-0.25, -0.2) is 4.79 Å². The smallest absolute Gasteiger partial charge is 0.322 e. The second-order valence-corrected chi connectivity index (χ2v) is 8.15. The van der Waals surface area contributed by atoms with Crippen molar-refractivity contribution in [1.82, 2.24) is 4.90 Å². The predicted molar refractivity (Wildman–Crippen MR) is 130 cm³/mol. The number of fused-ring (bicyclic) bond motifs is 1. The van der Waals surface area contributed by atoms with E-state index in [2.05, 4.69) is 16.7 Å². The number of hydrogen-bond donors (Lipinski definition) is 4. The number of aryl methyl sites for hydroxylation is 2. The molecule has 0 saturated heterocycles. The molecule has 33 heavy (non-hydrogen) atoms. The van der Waals surface area contributed by atoms with Crippen molar-refractivity contribution < 1.29 is 14.7 Å². The Hall–Kier alpha value is -3.84. The number of aliphatic hydroxyl groups excluding tert-OH is 1. The minimum Gasteiger partial charge on any atom is -0.397 e. The number of carbonyl (C=O) groups is 2. The highest BCUT2D eigenvalue weighted by atomic mass is 16.3. The first kappa shape index (κ1) is 22.4. The Kier molecular flexibility index (Phi) is 6.90. The van der Waals surface area contributed by atoms with Crippen LogP contribution in [-0.4, -0.2) is 35.1 Å². The summed E-state index contributed by atoms with van der Waals surface area (Å²) in [4.78, 5) is 26.9. The number of rotatable bonds is 7. The number of nitrogens with two attached hydrogens (primary N) is 1. The predicted octanol–water partition coefficient (Wildman–Crippen LogP) is 4.04. The van der Waals surface area contributed by atoms with Crippen LogP contribution in [0.1, 0.15) is 33.5 Å². The van der Waals surface area contributed by atoms with Gasteiger partial charge in [0.25, 0.3) is 5.91 Å². The number of benzene rings is 3. The zero-order chi connectivity index (χ0) is 23.2. The van der Waals surface area contributed by atoms with Crippen LogP contribution in [0.15, 0.2) is 66.7 Å². The highest BCUT2D eigenvalue weighted by molar-refractivity contribution is 6.05. The van der Waals surface area contributed by atoms with Crippen LogP contribution in [0.4, 0.5) is 21.9 Å². The van der Waals surface area contributed by atoms with Crippen LogP contribution >= 0.6 is 0 Å². The summed E-state index contributed by atoms with van der Waals surface area (Å²) < 4.78 is 0. The summed E-state index contributed by atoms with van der Waals surface area (Å²) in [6.07, 6.45) is 3.28. The van der Waals surface area contributed by atoms with Crippen LogP contribution < -0.4 is 16.4 Å². The van der Waals surface area contributed by atoms with Gasteiger partial charge >= 0.3 is 6.03 Å². The lowest BCUT2D eigenvalue weighted by Crippen LogP contribution is -2.36. The van der Waals surface area contributed by atoms with E-state index in [1.165, 1.54) is 11.1 Å². The van der Waals surface area contributed by atoms with Crippen molar-refractivity contribution in [3.63, 3.8) is 0 Å². The van der Waals surface area contributed by atoms with Gasteiger partial charge in [-0.3, -0.25) is 4.79 Å². The molecule has 0 spiro atoms. The molecule has 4 rings (SSSR count). The van der Waals surface area contributed by atoms with Crippen LogP contribution in [0, 0.1) is 0 Å². The fourth-order valence-electron chi connectivity index (χ4n) is 4.01. The van der Waals surface area contributed by atoms with Gasteiger partial charge in [0, 0.05) is 24.3 Å². The van der Waals surface area contributed by atoms with Gasteiger partial charge in [0.2, 0.25) is 0 Å². The van der Waals surface area contributed by atoms with Crippen LogP contribution in [-0.2, 0) is 19.4 Å². The molecule has 0 radical (unpaired) electrons. The molecule has 0 aromatic heterocycles. The standard InChI is InChI=1S/C26H28N4O3/c27-23-6-1-2-7-24(23)29-25(32)20-10-8-18(9-11-20)17-30(14-15-31)26(33)28-22-13-12-19-4-3-5-21(19)16-22/h1-2,6-13,16,31H,3-5,14-15,17,27H2,(H,28,33)(H,29,32). The van der Waals surface area contributed by atoms with Crippen LogP contribution in [0.25, 0.3) is 0 Å². The molecule has 3 aromatic rings. The second kappa shape index (κ2) is 10.2. The van der Waals surface area contributed by atoms with Crippen molar-refractivity contribution in [2.45, 2.75) is 25.8 Å². The van der Waals surface area contributed by atoms with E-state index >= 15 is 0 Å². The Morgan fingerprint density at radius 2 is 1.70 bits per heavy atom. The van der Waals surface area contributed by atoms with Crippen molar-refractivity contribution in [1.29, 1.82) is 0 Å². The number of carbonyl (C=O) groups excluding carboxylic acids is 2. The van der Waals surface area contributed by atoms with E-state index in [4.69, 9.17) is 5.73 Å². The van der Waals surface area contributed by atoms with E-state index in [0.29, 0.717) is 23.5 Å². The number of urea groups is 1. The largest absolute Gasteiger partial charge is 0.397 e. The molecule has 3 aromatic carbocycles. The molecular formula is C26H28N4O3. The number of nitrogens with zero attached hydrogens (tertiary/aromatic N) is 1. The van der Waals surface area contributed by atoms with Crippen LogP contribution in [0.2, 0.25) is 0 Å². The molecule has 170 valence electrons. The molecule has 7 nitrogen and oxygen atoms in total. The number of nitrogens with one attached hydrogen (secondary N) is 2. The molecule has 3 amide bonds. The van der Waals surface area contributed by atoms with E-state index in [9.17, 15) is 14.7 Å². The Labute approximate surface area is 193 Å². The van der Waals surface area contributed by atoms with Crippen molar-refractivity contribution >= 4 is 29.0 Å². The van der Waals surface area contributed by atoms with Gasteiger partial charge in [-0.05, 0) is 72.4 Å². The van der Waals surface area contributed by atoms with E-state index in [-0.39, 0.29) is 25.1 Å². The first-order valence-electron chi connectivity index (χ1n) is 11.1. The summed E-state index contributed by atoms with van der Waals surface area (Å²) in [7, 11) is 0. The van der Waals surface area contributed by atoms with Crippen molar-refractivity contribution in [2.75, 3.05) is 29.5 Å². The molecule has 0 heterocycles. The minimum atomic E-state index is -0.275. The fraction of sp³-hybridized carbons (Fsp3) is 0.231. The van der Waals surface area contributed by atoms with E-state index in [0.717, 1.165) is 30.5 Å². The maximum absolute atomic E-state index is 12.8. The van der Waals surface area contributed by atoms with Crippen LogP contribution in [0.3, 0.4) is 0 Å². The summed E-state index contributed by atoms with van der Waals surface area (Å²) >= 11 is 0. The molecular weight excluding hydrogens is 416 g/mol. The molecule has 0 unspecified atom stereocenters. The summed E-state index contributed by atoms with van der Waals surface area (Å²) in [6, 6.07) is 19.8. The van der Waals surface area contributed by atoms with Gasteiger partial charge in [0.05, 0.1) is 18.0 Å². The third kappa shape index (κ3) is 5.51. The number of aliphatic hydroxyl groups is 1. The Morgan fingerprint density at radius 1 is 0.939 bits per heavy atom. The summed E-state index contributed by atoms with van der Waals surface area (Å²) in [5.41, 5.74) is 11.7. The van der Waals surface area contributed by atoms with Gasteiger partial charge < -0.3 is 26.4 Å². The SMILES string of the molecule is Nc1ccccc1NC(=O)c1ccc(CN(CCO)C(=O)Nc2ccc3c(c2)CCC3)cc1.